The van der Waals surface area contributed by atoms with Crippen LogP contribution < -0.4 is 20.2 Å². The Hall–Kier alpha value is -4.18. The molecule has 2 N–H and O–H groups in total. The van der Waals surface area contributed by atoms with Crippen LogP contribution in [0.15, 0.2) is 94.5 Å². The zero-order valence-corrected chi connectivity index (χ0v) is 24.6. The first-order valence-corrected chi connectivity index (χ1v) is 13.7. The predicted molar refractivity (Wildman–Crippen MR) is 163 cm³/mol. The van der Waals surface area contributed by atoms with Gasteiger partial charge < -0.3 is 14.8 Å². The Morgan fingerprint density at radius 1 is 0.878 bits per heavy atom. The largest absolute Gasteiger partial charge is 0.490 e. The Kier molecular flexibility index (Phi) is 10.1. The molecule has 0 saturated carbocycles. The van der Waals surface area contributed by atoms with Gasteiger partial charge in [0.15, 0.2) is 11.5 Å². The third-order valence-electron chi connectivity index (χ3n) is 5.53. The van der Waals surface area contributed by atoms with E-state index in [9.17, 15) is 14.4 Å². The highest BCUT2D eigenvalue weighted by Crippen LogP contribution is 2.30. The van der Waals surface area contributed by atoms with E-state index in [4.69, 9.17) is 32.7 Å². The molecule has 4 aromatic rings. The van der Waals surface area contributed by atoms with Crippen molar-refractivity contribution in [3.63, 3.8) is 0 Å². The molecule has 4 aromatic carbocycles. The summed E-state index contributed by atoms with van der Waals surface area (Å²) < 4.78 is 12.0. The molecule has 4 rings (SSSR count). The van der Waals surface area contributed by atoms with E-state index in [1.165, 1.54) is 24.4 Å². The number of anilines is 1. The number of amides is 2. The molecule has 0 aliphatic heterocycles. The normalized spacial score (nSPS) is 10.7. The van der Waals surface area contributed by atoms with Crippen molar-refractivity contribution < 1.29 is 23.9 Å². The zero-order chi connectivity index (χ0) is 29.4. The fraction of sp³-hybridized carbons (Fsp3) is 0.0667. The minimum Gasteiger partial charge on any atom is -0.490 e. The van der Waals surface area contributed by atoms with Gasteiger partial charge in [0.1, 0.15) is 0 Å². The van der Waals surface area contributed by atoms with Gasteiger partial charge in [-0.25, -0.2) is 10.2 Å². The number of benzene rings is 4. The molecule has 0 radical (unpaired) electrons. The smallest absolute Gasteiger partial charge is 0.345 e. The minimum atomic E-state index is -0.674. The van der Waals surface area contributed by atoms with Crippen LogP contribution in [0, 0.1) is 0 Å². The van der Waals surface area contributed by atoms with Crippen LogP contribution in [0.1, 0.15) is 43.6 Å². The second-order valence-corrected chi connectivity index (χ2v) is 10.1. The number of nitrogens with one attached hydrogen (secondary N) is 2. The first-order chi connectivity index (χ1) is 19.7. The van der Waals surface area contributed by atoms with Crippen LogP contribution in [0.3, 0.4) is 0 Å². The van der Waals surface area contributed by atoms with Gasteiger partial charge in [0.05, 0.1) is 34.7 Å². The van der Waals surface area contributed by atoms with Crippen molar-refractivity contribution in [2.45, 2.75) is 6.92 Å². The second-order valence-electron chi connectivity index (χ2n) is 8.36. The number of hydrogen-bond acceptors (Lipinski definition) is 6. The average molecular weight is 655 g/mol. The molecule has 0 heterocycles. The van der Waals surface area contributed by atoms with Gasteiger partial charge >= 0.3 is 5.97 Å². The highest BCUT2D eigenvalue weighted by Gasteiger charge is 2.17. The summed E-state index contributed by atoms with van der Waals surface area (Å²) in [4.78, 5) is 38.2. The maximum Gasteiger partial charge on any atom is 0.345 e. The molecule has 0 bridgehead atoms. The van der Waals surface area contributed by atoms with Crippen molar-refractivity contribution in [2.24, 2.45) is 5.10 Å². The number of halogens is 3. The van der Waals surface area contributed by atoms with Crippen molar-refractivity contribution in [1.29, 1.82) is 0 Å². The summed E-state index contributed by atoms with van der Waals surface area (Å²) in [5, 5.41) is 7.34. The van der Waals surface area contributed by atoms with Gasteiger partial charge in [-0.05, 0) is 85.3 Å². The molecule has 0 spiro atoms. The molecule has 0 saturated heterocycles. The van der Waals surface area contributed by atoms with Crippen molar-refractivity contribution in [2.75, 3.05) is 11.9 Å². The fourth-order valence-corrected chi connectivity index (χ4v) is 4.33. The van der Waals surface area contributed by atoms with Crippen LogP contribution >= 0.6 is 39.1 Å². The first kappa shape index (κ1) is 29.8. The Morgan fingerprint density at radius 2 is 1.63 bits per heavy atom. The number of nitrogens with zero attached hydrogens (tertiary/aromatic N) is 1. The van der Waals surface area contributed by atoms with Gasteiger partial charge in [0, 0.05) is 15.1 Å². The standard InChI is InChI=1S/C30H22BrCl2N3O5/c1-2-40-27-15-18(7-14-26(27)41-30(39)22-13-12-21(32)16-24(22)33)17-34-36-29(38)23-5-3-4-6-25(23)35-28(37)19-8-10-20(31)11-9-19/h3-17H,2H2,1H3,(H,35,37)(H,36,38)/b34-17-. The summed E-state index contributed by atoms with van der Waals surface area (Å²) in [6.45, 7) is 2.10. The van der Waals surface area contributed by atoms with Gasteiger partial charge in [0.2, 0.25) is 0 Å². The number of carbonyl (C=O) groups excluding carboxylic acids is 3. The van der Waals surface area contributed by atoms with E-state index in [0.717, 1.165) is 4.47 Å². The number of ether oxygens (including phenoxy) is 2. The van der Waals surface area contributed by atoms with E-state index >= 15 is 0 Å². The minimum absolute atomic E-state index is 0.153. The van der Waals surface area contributed by atoms with E-state index in [2.05, 4.69) is 31.8 Å². The van der Waals surface area contributed by atoms with Gasteiger partial charge in [-0.15, -0.1) is 0 Å². The Morgan fingerprint density at radius 3 is 2.37 bits per heavy atom. The summed E-state index contributed by atoms with van der Waals surface area (Å²) in [5.41, 5.74) is 4.18. The molecule has 11 heteroatoms. The zero-order valence-electron chi connectivity index (χ0n) is 21.5. The summed E-state index contributed by atoms with van der Waals surface area (Å²) in [6, 6.07) is 22.7. The number of hydrazone groups is 1. The highest BCUT2D eigenvalue weighted by atomic mass is 79.9. The van der Waals surface area contributed by atoms with E-state index in [1.807, 2.05) is 0 Å². The van der Waals surface area contributed by atoms with Gasteiger partial charge in [0.25, 0.3) is 11.8 Å². The van der Waals surface area contributed by atoms with E-state index < -0.39 is 11.9 Å². The molecule has 0 atom stereocenters. The first-order valence-electron chi connectivity index (χ1n) is 12.2. The maximum atomic E-state index is 12.9. The molecule has 0 aliphatic rings. The van der Waals surface area contributed by atoms with Crippen molar-refractivity contribution in [3.8, 4) is 11.5 Å². The SMILES string of the molecule is CCOc1cc(/C=N\NC(=O)c2ccccc2NC(=O)c2ccc(Br)cc2)ccc1OC(=O)c1ccc(Cl)cc1Cl. The number of hydrogen-bond donors (Lipinski definition) is 2. The summed E-state index contributed by atoms with van der Waals surface area (Å²) in [6.07, 6.45) is 1.41. The summed E-state index contributed by atoms with van der Waals surface area (Å²) in [7, 11) is 0. The highest BCUT2D eigenvalue weighted by molar-refractivity contribution is 9.10. The number of carbonyl (C=O) groups is 3. The fourth-order valence-electron chi connectivity index (χ4n) is 3.58. The third-order valence-corrected chi connectivity index (χ3v) is 6.60. The molecular formula is C30H22BrCl2N3O5. The lowest BCUT2D eigenvalue weighted by atomic mass is 10.1. The van der Waals surface area contributed by atoms with E-state index in [1.54, 1.807) is 73.7 Å². The maximum absolute atomic E-state index is 12.9. The topological polar surface area (TPSA) is 106 Å². The van der Waals surface area contributed by atoms with E-state index in [0.29, 0.717) is 34.2 Å². The average Bonchev–Trinajstić information content (AvgIpc) is 2.95. The van der Waals surface area contributed by atoms with Gasteiger partial charge in [-0.1, -0.05) is 51.3 Å². The van der Waals surface area contributed by atoms with Crippen LogP contribution in [0.2, 0.25) is 10.0 Å². The van der Waals surface area contributed by atoms with Crippen molar-refractivity contribution in [1.82, 2.24) is 5.43 Å². The van der Waals surface area contributed by atoms with Crippen molar-refractivity contribution >= 4 is 68.8 Å². The molecule has 0 aliphatic carbocycles. The molecule has 2 amide bonds. The molecule has 0 aromatic heterocycles. The Bertz CT molecular complexity index is 1630. The summed E-state index contributed by atoms with van der Waals surface area (Å²) in [5.74, 6) is -1.08. The lowest BCUT2D eigenvalue weighted by molar-refractivity contribution is 0.0728. The number of rotatable bonds is 9. The van der Waals surface area contributed by atoms with Crippen LogP contribution in [-0.4, -0.2) is 30.6 Å². The van der Waals surface area contributed by atoms with Crippen LogP contribution in [0.4, 0.5) is 5.69 Å². The Balaban J connectivity index is 1.44. The molecule has 0 fully saturated rings. The second kappa shape index (κ2) is 13.9. The van der Waals surface area contributed by atoms with Gasteiger partial charge in [-0.3, -0.25) is 9.59 Å². The summed E-state index contributed by atoms with van der Waals surface area (Å²) >= 11 is 15.4. The van der Waals surface area contributed by atoms with Crippen molar-refractivity contribution in [3.05, 3.63) is 122 Å². The molecule has 8 nitrogen and oxygen atoms in total. The number of para-hydroxylation sites is 1. The molecule has 208 valence electrons. The lowest BCUT2D eigenvalue weighted by Crippen LogP contribution is -2.21. The van der Waals surface area contributed by atoms with Gasteiger partial charge in [-0.2, -0.15) is 5.10 Å². The van der Waals surface area contributed by atoms with Crippen LogP contribution in [0.25, 0.3) is 0 Å². The van der Waals surface area contributed by atoms with Crippen LogP contribution in [0.5, 0.6) is 11.5 Å². The molecule has 0 unspecified atom stereocenters. The predicted octanol–water partition coefficient (Wildman–Crippen LogP) is 7.39. The molecular weight excluding hydrogens is 633 g/mol. The quantitative estimate of drug-likeness (QED) is 0.0847. The lowest BCUT2D eigenvalue weighted by Gasteiger charge is -2.12. The van der Waals surface area contributed by atoms with E-state index in [-0.39, 0.29) is 27.8 Å². The monoisotopic (exact) mass is 653 g/mol. The molecule has 41 heavy (non-hydrogen) atoms. The Labute approximate surface area is 254 Å². The van der Waals surface area contributed by atoms with Crippen LogP contribution in [-0.2, 0) is 0 Å². The number of esters is 1. The third kappa shape index (κ3) is 7.94.